The number of hydrogen-bond acceptors (Lipinski definition) is 2. The van der Waals surface area contributed by atoms with Crippen molar-refractivity contribution in [2.45, 2.75) is 26.8 Å². The van der Waals surface area contributed by atoms with Crippen LogP contribution in [0.4, 0.5) is 0 Å². The third-order valence-electron chi connectivity index (χ3n) is 3.19. The van der Waals surface area contributed by atoms with Gasteiger partial charge in [0.25, 0.3) is 0 Å². The SMILES string of the molecule is Cc1cccc(Oc2ccc([C@@H](C)N)cc2)c1C. The zero-order valence-corrected chi connectivity index (χ0v) is 11.1. The molecule has 0 spiro atoms. The number of hydrogen-bond donors (Lipinski definition) is 1. The molecule has 94 valence electrons. The van der Waals surface area contributed by atoms with E-state index in [9.17, 15) is 0 Å². The number of benzene rings is 2. The van der Waals surface area contributed by atoms with Crippen LogP contribution in [0.1, 0.15) is 29.7 Å². The zero-order chi connectivity index (χ0) is 13.1. The Hall–Kier alpha value is -1.80. The van der Waals surface area contributed by atoms with Gasteiger partial charge in [-0.2, -0.15) is 0 Å². The van der Waals surface area contributed by atoms with Crippen LogP contribution in [-0.2, 0) is 0 Å². The summed E-state index contributed by atoms with van der Waals surface area (Å²) in [5, 5.41) is 0. The molecule has 0 radical (unpaired) electrons. The van der Waals surface area contributed by atoms with Gasteiger partial charge in [-0.15, -0.1) is 0 Å². The highest BCUT2D eigenvalue weighted by Gasteiger charge is 2.04. The second-order valence-electron chi connectivity index (χ2n) is 4.66. The minimum atomic E-state index is 0.0553. The maximum atomic E-state index is 5.88. The fourth-order valence-corrected chi connectivity index (χ4v) is 1.80. The quantitative estimate of drug-likeness (QED) is 0.877. The van der Waals surface area contributed by atoms with E-state index in [1.54, 1.807) is 0 Å². The predicted molar refractivity (Wildman–Crippen MR) is 75.0 cm³/mol. The maximum Gasteiger partial charge on any atom is 0.130 e. The van der Waals surface area contributed by atoms with Gasteiger partial charge in [0.05, 0.1) is 0 Å². The second-order valence-corrected chi connectivity index (χ2v) is 4.66. The minimum absolute atomic E-state index is 0.0553. The molecule has 18 heavy (non-hydrogen) atoms. The Morgan fingerprint density at radius 1 is 1.00 bits per heavy atom. The zero-order valence-electron chi connectivity index (χ0n) is 11.1. The standard InChI is InChI=1S/C16H19NO/c1-11-5-4-6-16(12(11)2)18-15-9-7-14(8-10-15)13(3)17/h4-10,13H,17H2,1-3H3/t13-/m1/s1. The first-order chi connectivity index (χ1) is 8.58. The fourth-order valence-electron chi connectivity index (χ4n) is 1.80. The Morgan fingerprint density at radius 3 is 2.28 bits per heavy atom. The molecule has 0 saturated carbocycles. The van der Waals surface area contributed by atoms with Crippen molar-refractivity contribution in [1.29, 1.82) is 0 Å². The molecule has 2 aromatic rings. The number of ether oxygens (including phenoxy) is 1. The Labute approximate surface area is 108 Å². The maximum absolute atomic E-state index is 5.88. The number of rotatable bonds is 3. The van der Waals surface area contributed by atoms with E-state index in [0.29, 0.717) is 0 Å². The molecule has 0 aliphatic rings. The Kier molecular flexibility index (Phi) is 3.68. The van der Waals surface area contributed by atoms with Crippen LogP contribution in [0.5, 0.6) is 11.5 Å². The molecule has 0 saturated heterocycles. The van der Waals surface area contributed by atoms with E-state index in [4.69, 9.17) is 10.5 Å². The van der Waals surface area contributed by atoms with Gasteiger partial charge < -0.3 is 10.5 Å². The molecule has 2 heteroatoms. The summed E-state index contributed by atoms with van der Waals surface area (Å²) in [6.07, 6.45) is 0. The molecule has 0 unspecified atom stereocenters. The van der Waals surface area contributed by atoms with Crippen molar-refractivity contribution in [2.75, 3.05) is 0 Å². The van der Waals surface area contributed by atoms with Crippen LogP contribution >= 0.6 is 0 Å². The van der Waals surface area contributed by atoms with Crippen LogP contribution in [0.15, 0.2) is 42.5 Å². The summed E-state index contributed by atoms with van der Waals surface area (Å²) in [6, 6.07) is 14.1. The van der Waals surface area contributed by atoms with E-state index in [2.05, 4.69) is 19.9 Å². The van der Waals surface area contributed by atoms with Gasteiger partial charge in [0.15, 0.2) is 0 Å². The highest BCUT2D eigenvalue weighted by molar-refractivity contribution is 5.41. The van der Waals surface area contributed by atoms with Crippen molar-refractivity contribution in [3.8, 4) is 11.5 Å². The minimum Gasteiger partial charge on any atom is -0.457 e. The first-order valence-electron chi connectivity index (χ1n) is 6.17. The largest absolute Gasteiger partial charge is 0.457 e. The summed E-state index contributed by atoms with van der Waals surface area (Å²) < 4.78 is 5.88. The lowest BCUT2D eigenvalue weighted by molar-refractivity contribution is 0.478. The topological polar surface area (TPSA) is 35.2 Å². The van der Waals surface area contributed by atoms with Crippen LogP contribution in [0.25, 0.3) is 0 Å². The first-order valence-corrected chi connectivity index (χ1v) is 6.17. The highest BCUT2D eigenvalue weighted by Crippen LogP contribution is 2.27. The van der Waals surface area contributed by atoms with Crippen molar-refractivity contribution in [3.05, 3.63) is 59.2 Å². The van der Waals surface area contributed by atoms with Crippen molar-refractivity contribution >= 4 is 0 Å². The first kappa shape index (κ1) is 12.7. The average molecular weight is 241 g/mol. The second kappa shape index (κ2) is 5.23. The average Bonchev–Trinajstić information content (AvgIpc) is 2.36. The fraction of sp³-hybridized carbons (Fsp3) is 0.250. The molecule has 1 atom stereocenters. The molecule has 0 aromatic heterocycles. The molecule has 2 rings (SSSR count). The van der Waals surface area contributed by atoms with Crippen LogP contribution in [0.3, 0.4) is 0 Å². The van der Waals surface area contributed by atoms with E-state index in [-0.39, 0.29) is 6.04 Å². The Morgan fingerprint density at radius 2 is 1.67 bits per heavy atom. The Balaban J connectivity index is 2.21. The third kappa shape index (κ3) is 2.71. The summed E-state index contributed by atoms with van der Waals surface area (Å²) >= 11 is 0. The van der Waals surface area contributed by atoms with Crippen LogP contribution in [0.2, 0.25) is 0 Å². The van der Waals surface area contributed by atoms with Crippen LogP contribution in [0, 0.1) is 13.8 Å². The molecule has 0 amide bonds. The molecule has 2 aromatic carbocycles. The molecular weight excluding hydrogens is 222 g/mol. The van der Waals surface area contributed by atoms with E-state index in [0.717, 1.165) is 17.1 Å². The predicted octanol–water partition coefficient (Wildman–Crippen LogP) is 4.12. The third-order valence-corrected chi connectivity index (χ3v) is 3.19. The highest BCUT2D eigenvalue weighted by atomic mass is 16.5. The van der Waals surface area contributed by atoms with E-state index >= 15 is 0 Å². The van der Waals surface area contributed by atoms with Crippen molar-refractivity contribution in [2.24, 2.45) is 5.73 Å². The van der Waals surface area contributed by atoms with Gasteiger partial charge in [0, 0.05) is 6.04 Å². The molecular formula is C16H19NO. The number of aryl methyl sites for hydroxylation is 1. The molecule has 0 bridgehead atoms. The van der Waals surface area contributed by atoms with E-state index in [1.165, 1.54) is 11.1 Å². The van der Waals surface area contributed by atoms with Gasteiger partial charge in [-0.25, -0.2) is 0 Å². The number of nitrogens with two attached hydrogens (primary N) is 1. The molecule has 2 nitrogen and oxygen atoms in total. The summed E-state index contributed by atoms with van der Waals surface area (Å²) in [7, 11) is 0. The lowest BCUT2D eigenvalue weighted by atomic mass is 10.1. The van der Waals surface area contributed by atoms with Gasteiger partial charge in [-0.3, -0.25) is 0 Å². The summed E-state index contributed by atoms with van der Waals surface area (Å²) in [5.74, 6) is 1.75. The van der Waals surface area contributed by atoms with Gasteiger partial charge in [-0.1, -0.05) is 24.3 Å². The Bertz CT molecular complexity index is 529. The van der Waals surface area contributed by atoms with Gasteiger partial charge in [-0.05, 0) is 55.7 Å². The van der Waals surface area contributed by atoms with Gasteiger partial charge in [0.2, 0.25) is 0 Å². The molecule has 0 heterocycles. The molecule has 2 N–H and O–H groups in total. The lowest BCUT2D eigenvalue weighted by Gasteiger charge is -2.11. The monoisotopic (exact) mass is 241 g/mol. The molecule has 0 aliphatic carbocycles. The van der Waals surface area contributed by atoms with E-state index in [1.807, 2.05) is 43.3 Å². The summed E-state index contributed by atoms with van der Waals surface area (Å²) in [5.41, 5.74) is 9.34. The van der Waals surface area contributed by atoms with Gasteiger partial charge >= 0.3 is 0 Å². The smallest absolute Gasteiger partial charge is 0.130 e. The molecule has 0 aliphatic heterocycles. The van der Waals surface area contributed by atoms with Crippen LogP contribution < -0.4 is 10.5 Å². The van der Waals surface area contributed by atoms with Crippen molar-refractivity contribution in [1.82, 2.24) is 0 Å². The molecule has 0 fully saturated rings. The van der Waals surface area contributed by atoms with Crippen molar-refractivity contribution < 1.29 is 4.74 Å². The van der Waals surface area contributed by atoms with E-state index < -0.39 is 0 Å². The summed E-state index contributed by atoms with van der Waals surface area (Å²) in [6.45, 7) is 6.13. The van der Waals surface area contributed by atoms with Crippen molar-refractivity contribution in [3.63, 3.8) is 0 Å². The lowest BCUT2D eigenvalue weighted by Crippen LogP contribution is -2.04. The van der Waals surface area contributed by atoms with Crippen LogP contribution in [-0.4, -0.2) is 0 Å². The normalized spacial score (nSPS) is 12.2. The van der Waals surface area contributed by atoms with Gasteiger partial charge in [0.1, 0.15) is 11.5 Å². The summed E-state index contributed by atoms with van der Waals surface area (Å²) in [4.78, 5) is 0.